The number of aromatic nitrogens is 1. The maximum atomic E-state index is 4.77. The van der Waals surface area contributed by atoms with Gasteiger partial charge in [0.15, 0.2) is 0 Å². The number of halogens is 2. The van der Waals surface area contributed by atoms with Gasteiger partial charge >= 0.3 is 0 Å². The largest absolute Gasteiger partial charge is 0.314 e. The molecule has 1 atom stereocenters. The number of piperazine rings is 1. The molecule has 1 aromatic heterocycles. The molecule has 1 fully saturated rings. The molecule has 1 aliphatic rings. The fourth-order valence-electron chi connectivity index (χ4n) is 2.85. The van der Waals surface area contributed by atoms with Crippen molar-refractivity contribution in [3.63, 3.8) is 0 Å². The summed E-state index contributed by atoms with van der Waals surface area (Å²) < 4.78 is 0. The zero-order valence-corrected chi connectivity index (χ0v) is 14.8. The maximum absolute atomic E-state index is 4.77. The third kappa shape index (κ3) is 6.52. The van der Waals surface area contributed by atoms with Crippen molar-refractivity contribution in [2.45, 2.75) is 45.6 Å². The summed E-state index contributed by atoms with van der Waals surface area (Å²) in [6, 6.07) is 6.94. The fourth-order valence-corrected chi connectivity index (χ4v) is 2.85. The molecule has 0 spiro atoms. The van der Waals surface area contributed by atoms with E-state index >= 15 is 0 Å². The van der Waals surface area contributed by atoms with Gasteiger partial charge in [0.2, 0.25) is 0 Å². The lowest BCUT2D eigenvalue weighted by Gasteiger charge is -2.34. The summed E-state index contributed by atoms with van der Waals surface area (Å²) in [7, 11) is 0. The van der Waals surface area contributed by atoms with Gasteiger partial charge in [0.1, 0.15) is 0 Å². The first-order valence-corrected chi connectivity index (χ1v) is 7.69. The van der Waals surface area contributed by atoms with E-state index in [4.69, 9.17) is 4.98 Å². The Morgan fingerprint density at radius 3 is 2.52 bits per heavy atom. The van der Waals surface area contributed by atoms with E-state index in [1.165, 1.54) is 31.4 Å². The minimum absolute atomic E-state index is 0. The average molecular weight is 334 g/mol. The van der Waals surface area contributed by atoms with Crippen LogP contribution in [-0.4, -0.2) is 36.1 Å². The van der Waals surface area contributed by atoms with Gasteiger partial charge in [0.25, 0.3) is 0 Å². The quantitative estimate of drug-likeness (QED) is 0.803. The molecule has 0 saturated carbocycles. The Morgan fingerprint density at radius 1 is 1.19 bits per heavy atom. The molecule has 1 aliphatic heterocycles. The summed E-state index contributed by atoms with van der Waals surface area (Å²) in [5, 5.41) is 3.44. The molecule has 21 heavy (non-hydrogen) atoms. The third-order valence-corrected chi connectivity index (χ3v) is 3.92. The van der Waals surface area contributed by atoms with E-state index < -0.39 is 0 Å². The van der Waals surface area contributed by atoms with Gasteiger partial charge in [-0.15, -0.1) is 24.8 Å². The molecule has 0 amide bonds. The smallest absolute Gasteiger partial charge is 0.0578 e. The lowest BCUT2D eigenvalue weighted by atomic mass is 10.0. The highest BCUT2D eigenvalue weighted by molar-refractivity contribution is 5.85. The molecule has 5 heteroatoms. The number of rotatable bonds is 6. The zero-order valence-electron chi connectivity index (χ0n) is 13.2. The molecule has 1 aromatic rings. The number of aryl methyl sites for hydroxylation is 1. The molecule has 0 aliphatic carbocycles. The van der Waals surface area contributed by atoms with Crippen LogP contribution in [0.3, 0.4) is 0 Å². The molecular weight excluding hydrogens is 305 g/mol. The Bertz CT molecular complexity index is 382. The molecule has 2 rings (SSSR count). The minimum atomic E-state index is 0. The summed E-state index contributed by atoms with van der Waals surface area (Å²) in [5.74, 6) is 0. The van der Waals surface area contributed by atoms with E-state index in [0.29, 0.717) is 6.04 Å². The molecule has 2 heterocycles. The van der Waals surface area contributed by atoms with E-state index in [-0.39, 0.29) is 24.8 Å². The molecular formula is C16H29Cl2N3. The number of hydrogen-bond donors (Lipinski definition) is 1. The molecule has 0 bridgehead atoms. The first-order valence-electron chi connectivity index (χ1n) is 7.69. The number of nitrogens with one attached hydrogen (secondary N) is 1. The SMILES string of the molecule is CCCCC[C@H](c1cccc(C)n1)N1CCNCC1.Cl.Cl. The fraction of sp³-hybridized carbons (Fsp3) is 0.688. The van der Waals surface area contributed by atoms with Crippen LogP contribution in [0.2, 0.25) is 0 Å². The van der Waals surface area contributed by atoms with Gasteiger partial charge in [-0.1, -0.05) is 32.3 Å². The highest BCUT2D eigenvalue weighted by Gasteiger charge is 2.22. The number of nitrogens with zero attached hydrogens (tertiary/aromatic N) is 2. The monoisotopic (exact) mass is 333 g/mol. The minimum Gasteiger partial charge on any atom is -0.314 e. The lowest BCUT2D eigenvalue weighted by Crippen LogP contribution is -2.45. The third-order valence-electron chi connectivity index (χ3n) is 3.92. The molecule has 0 unspecified atom stereocenters. The number of unbranched alkanes of at least 4 members (excludes halogenated alkanes) is 2. The predicted molar refractivity (Wildman–Crippen MR) is 94.8 cm³/mol. The standard InChI is InChI=1S/C16H27N3.2ClH/c1-3-4-5-9-16(19-12-10-17-11-13-19)15-8-6-7-14(2)18-15;;/h6-8,16-17H,3-5,9-13H2,1-2H3;2*1H/t16-;;/m1../s1. The van der Waals surface area contributed by atoms with Crippen LogP contribution in [0.25, 0.3) is 0 Å². The lowest BCUT2D eigenvalue weighted by molar-refractivity contribution is 0.159. The van der Waals surface area contributed by atoms with Gasteiger partial charge in [0.05, 0.1) is 11.7 Å². The van der Waals surface area contributed by atoms with Crippen molar-refractivity contribution in [3.05, 3.63) is 29.6 Å². The van der Waals surface area contributed by atoms with Gasteiger partial charge in [-0.2, -0.15) is 0 Å². The van der Waals surface area contributed by atoms with Crippen LogP contribution in [0.4, 0.5) is 0 Å². The van der Waals surface area contributed by atoms with Crippen LogP contribution in [0.5, 0.6) is 0 Å². The Labute approximate surface area is 141 Å². The van der Waals surface area contributed by atoms with Crippen molar-refractivity contribution < 1.29 is 0 Å². The van der Waals surface area contributed by atoms with Crippen molar-refractivity contribution in [1.82, 2.24) is 15.2 Å². The second-order valence-corrected chi connectivity index (χ2v) is 5.50. The van der Waals surface area contributed by atoms with Crippen LogP contribution < -0.4 is 5.32 Å². The summed E-state index contributed by atoms with van der Waals surface area (Å²) in [6.07, 6.45) is 5.16. The Morgan fingerprint density at radius 2 is 1.90 bits per heavy atom. The van der Waals surface area contributed by atoms with E-state index in [1.54, 1.807) is 0 Å². The van der Waals surface area contributed by atoms with E-state index in [9.17, 15) is 0 Å². The zero-order chi connectivity index (χ0) is 13.5. The summed E-state index contributed by atoms with van der Waals surface area (Å²) in [4.78, 5) is 7.37. The molecule has 1 N–H and O–H groups in total. The van der Waals surface area contributed by atoms with E-state index in [0.717, 1.165) is 31.9 Å². The Balaban J connectivity index is 0.00000200. The summed E-state index contributed by atoms with van der Waals surface area (Å²) in [5.41, 5.74) is 2.39. The van der Waals surface area contributed by atoms with Crippen LogP contribution in [0.1, 0.15) is 50.0 Å². The predicted octanol–water partition coefficient (Wildman–Crippen LogP) is 3.76. The van der Waals surface area contributed by atoms with Crippen LogP contribution in [0, 0.1) is 6.92 Å². The van der Waals surface area contributed by atoms with Crippen LogP contribution >= 0.6 is 24.8 Å². The average Bonchev–Trinajstić information content (AvgIpc) is 2.45. The first kappa shape index (κ1) is 20.6. The number of pyridine rings is 1. The highest BCUT2D eigenvalue weighted by atomic mass is 35.5. The van der Waals surface area contributed by atoms with Gasteiger partial charge in [-0.3, -0.25) is 9.88 Å². The van der Waals surface area contributed by atoms with Gasteiger partial charge in [-0.05, 0) is 25.5 Å². The van der Waals surface area contributed by atoms with Crippen molar-refractivity contribution in [2.75, 3.05) is 26.2 Å². The topological polar surface area (TPSA) is 28.2 Å². The van der Waals surface area contributed by atoms with Crippen molar-refractivity contribution in [2.24, 2.45) is 0 Å². The molecule has 1 saturated heterocycles. The van der Waals surface area contributed by atoms with Crippen molar-refractivity contribution >= 4 is 24.8 Å². The summed E-state index contributed by atoms with van der Waals surface area (Å²) >= 11 is 0. The van der Waals surface area contributed by atoms with Crippen molar-refractivity contribution in [1.29, 1.82) is 0 Å². The molecule has 0 aromatic carbocycles. The number of hydrogen-bond acceptors (Lipinski definition) is 3. The van der Waals surface area contributed by atoms with Crippen LogP contribution in [-0.2, 0) is 0 Å². The Hall–Kier alpha value is -0.350. The first-order chi connectivity index (χ1) is 9.31. The summed E-state index contributed by atoms with van der Waals surface area (Å²) in [6.45, 7) is 8.86. The second kappa shape index (κ2) is 11.2. The molecule has 0 radical (unpaired) electrons. The van der Waals surface area contributed by atoms with Crippen LogP contribution in [0.15, 0.2) is 18.2 Å². The van der Waals surface area contributed by atoms with Gasteiger partial charge in [-0.25, -0.2) is 0 Å². The van der Waals surface area contributed by atoms with E-state index in [1.807, 2.05) is 0 Å². The normalized spacial score (nSPS) is 16.7. The molecule has 3 nitrogen and oxygen atoms in total. The van der Waals surface area contributed by atoms with Gasteiger partial charge < -0.3 is 5.32 Å². The molecule has 122 valence electrons. The highest BCUT2D eigenvalue weighted by Crippen LogP contribution is 2.25. The van der Waals surface area contributed by atoms with E-state index in [2.05, 4.69) is 42.3 Å². The maximum Gasteiger partial charge on any atom is 0.0578 e. The Kier molecular flexibility index (Phi) is 11.1. The van der Waals surface area contributed by atoms with Gasteiger partial charge in [0, 0.05) is 31.9 Å². The van der Waals surface area contributed by atoms with Crippen molar-refractivity contribution in [3.8, 4) is 0 Å². The second-order valence-electron chi connectivity index (χ2n) is 5.50.